The van der Waals surface area contributed by atoms with Crippen molar-refractivity contribution in [2.45, 2.75) is 58.3 Å². The number of benzene rings is 1. The molecule has 1 heterocycles. The summed E-state index contributed by atoms with van der Waals surface area (Å²) >= 11 is 0. The van der Waals surface area contributed by atoms with Crippen molar-refractivity contribution >= 4 is 12.1 Å². The molecule has 0 spiro atoms. The predicted octanol–water partition coefficient (Wildman–Crippen LogP) is 3.65. The van der Waals surface area contributed by atoms with Gasteiger partial charge in [-0.05, 0) is 45.7 Å². The Labute approximate surface area is 155 Å². The molecule has 0 N–H and O–H groups in total. The predicted molar refractivity (Wildman–Crippen MR) is 98.1 cm³/mol. The average molecular weight is 363 g/mol. The van der Waals surface area contributed by atoms with Gasteiger partial charge in [-0.1, -0.05) is 25.1 Å². The second-order valence-electron chi connectivity index (χ2n) is 7.48. The van der Waals surface area contributed by atoms with Crippen molar-refractivity contribution in [3.05, 3.63) is 35.9 Å². The molecule has 2 rings (SSSR count). The van der Waals surface area contributed by atoms with E-state index in [0.717, 1.165) is 6.42 Å². The fourth-order valence-corrected chi connectivity index (χ4v) is 2.81. The standard InChI is InChI=1S/C20H29NO5/c1-5-11-24-17-12-16(21(13-17)19(23)26-20(2,3)4)14-25-18(22)15-9-7-6-8-10-15/h6-10,16-17H,5,11-14H2,1-4H3/t16-,17+/m0/s1. The Balaban J connectivity index is 1.99. The van der Waals surface area contributed by atoms with E-state index in [1.165, 1.54) is 0 Å². The van der Waals surface area contributed by atoms with Crippen LogP contribution in [0.5, 0.6) is 0 Å². The summed E-state index contributed by atoms with van der Waals surface area (Å²) in [5, 5.41) is 0. The molecule has 0 aromatic heterocycles. The molecule has 0 radical (unpaired) electrons. The number of hydrogen-bond acceptors (Lipinski definition) is 5. The molecule has 1 aliphatic rings. The normalized spacial score (nSPS) is 20.1. The zero-order valence-corrected chi connectivity index (χ0v) is 16.1. The van der Waals surface area contributed by atoms with E-state index in [0.29, 0.717) is 25.1 Å². The van der Waals surface area contributed by atoms with Crippen molar-refractivity contribution < 1.29 is 23.8 Å². The van der Waals surface area contributed by atoms with Gasteiger partial charge in [-0.25, -0.2) is 9.59 Å². The SMILES string of the molecule is CCCO[C@@H]1C[C@@H](COC(=O)c2ccccc2)N(C(=O)OC(C)(C)C)C1. The molecule has 2 atom stereocenters. The van der Waals surface area contributed by atoms with E-state index >= 15 is 0 Å². The Morgan fingerprint density at radius 1 is 1.19 bits per heavy atom. The van der Waals surface area contributed by atoms with Crippen LogP contribution in [0.25, 0.3) is 0 Å². The highest BCUT2D eigenvalue weighted by Crippen LogP contribution is 2.24. The molecule has 6 heteroatoms. The van der Waals surface area contributed by atoms with E-state index in [1.54, 1.807) is 29.2 Å². The quantitative estimate of drug-likeness (QED) is 0.722. The average Bonchev–Trinajstić information content (AvgIpc) is 3.00. The number of carbonyl (C=O) groups excluding carboxylic acids is 2. The molecule has 1 saturated heterocycles. The number of amides is 1. The smallest absolute Gasteiger partial charge is 0.410 e. The van der Waals surface area contributed by atoms with Crippen LogP contribution in [0.2, 0.25) is 0 Å². The van der Waals surface area contributed by atoms with Crippen molar-refractivity contribution in [3.8, 4) is 0 Å². The van der Waals surface area contributed by atoms with E-state index in [9.17, 15) is 9.59 Å². The minimum atomic E-state index is -0.579. The van der Waals surface area contributed by atoms with Crippen LogP contribution in [0, 0.1) is 0 Å². The number of ether oxygens (including phenoxy) is 3. The maximum Gasteiger partial charge on any atom is 0.410 e. The van der Waals surface area contributed by atoms with Gasteiger partial charge in [-0.2, -0.15) is 0 Å². The lowest BCUT2D eigenvalue weighted by atomic mass is 10.2. The molecule has 6 nitrogen and oxygen atoms in total. The zero-order valence-electron chi connectivity index (χ0n) is 16.1. The molecule has 1 amide bonds. The Morgan fingerprint density at radius 2 is 1.88 bits per heavy atom. The second-order valence-corrected chi connectivity index (χ2v) is 7.48. The topological polar surface area (TPSA) is 65.1 Å². The second kappa shape index (κ2) is 9.03. The van der Waals surface area contributed by atoms with E-state index in [1.807, 2.05) is 33.8 Å². The van der Waals surface area contributed by atoms with E-state index in [-0.39, 0.29) is 18.8 Å². The van der Waals surface area contributed by atoms with Crippen molar-refractivity contribution in [2.75, 3.05) is 19.8 Å². The van der Waals surface area contributed by atoms with Crippen LogP contribution in [0.1, 0.15) is 50.9 Å². The highest BCUT2D eigenvalue weighted by Gasteiger charge is 2.38. The fourth-order valence-electron chi connectivity index (χ4n) is 2.81. The number of nitrogens with zero attached hydrogens (tertiary/aromatic N) is 1. The molecule has 0 bridgehead atoms. The fraction of sp³-hybridized carbons (Fsp3) is 0.600. The number of rotatable bonds is 6. The summed E-state index contributed by atoms with van der Waals surface area (Å²) in [7, 11) is 0. The first-order chi connectivity index (χ1) is 12.3. The largest absolute Gasteiger partial charge is 0.460 e. The minimum absolute atomic E-state index is 0.0668. The Morgan fingerprint density at radius 3 is 2.50 bits per heavy atom. The van der Waals surface area contributed by atoms with Gasteiger partial charge in [0.1, 0.15) is 12.2 Å². The van der Waals surface area contributed by atoms with E-state index in [2.05, 4.69) is 0 Å². The third-order valence-corrected chi connectivity index (χ3v) is 3.98. The maximum atomic E-state index is 12.5. The van der Waals surface area contributed by atoms with Crippen LogP contribution in [-0.4, -0.2) is 54.5 Å². The molecule has 144 valence electrons. The lowest BCUT2D eigenvalue weighted by Crippen LogP contribution is -2.42. The van der Waals surface area contributed by atoms with Gasteiger partial charge in [0.05, 0.1) is 24.3 Å². The lowest BCUT2D eigenvalue weighted by Gasteiger charge is -2.28. The van der Waals surface area contributed by atoms with E-state index in [4.69, 9.17) is 14.2 Å². The number of likely N-dealkylation sites (tertiary alicyclic amines) is 1. The summed E-state index contributed by atoms with van der Waals surface area (Å²) in [6.45, 7) is 8.74. The molecule has 0 unspecified atom stereocenters. The van der Waals surface area contributed by atoms with Crippen molar-refractivity contribution in [3.63, 3.8) is 0 Å². The van der Waals surface area contributed by atoms with Gasteiger partial charge in [0, 0.05) is 6.61 Å². The van der Waals surface area contributed by atoms with Gasteiger partial charge >= 0.3 is 12.1 Å². The van der Waals surface area contributed by atoms with Crippen LogP contribution in [0.15, 0.2) is 30.3 Å². The Bertz CT molecular complexity index is 596. The number of hydrogen-bond donors (Lipinski definition) is 0. The van der Waals surface area contributed by atoms with Crippen molar-refractivity contribution in [1.29, 1.82) is 0 Å². The summed E-state index contributed by atoms with van der Waals surface area (Å²) < 4.78 is 16.7. The molecule has 26 heavy (non-hydrogen) atoms. The summed E-state index contributed by atoms with van der Waals surface area (Å²) in [5.41, 5.74) is -0.0851. The van der Waals surface area contributed by atoms with Gasteiger partial charge in [0.2, 0.25) is 0 Å². The molecule has 0 aliphatic carbocycles. The van der Waals surface area contributed by atoms with Crippen LogP contribution in [-0.2, 0) is 14.2 Å². The van der Waals surface area contributed by atoms with Crippen LogP contribution < -0.4 is 0 Å². The monoisotopic (exact) mass is 363 g/mol. The summed E-state index contributed by atoms with van der Waals surface area (Å²) in [6, 6.07) is 8.57. The third-order valence-electron chi connectivity index (χ3n) is 3.98. The van der Waals surface area contributed by atoms with Gasteiger partial charge in [0.15, 0.2) is 0 Å². The van der Waals surface area contributed by atoms with Gasteiger partial charge in [-0.3, -0.25) is 4.90 Å². The maximum absolute atomic E-state index is 12.5. The first-order valence-corrected chi connectivity index (χ1v) is 9.13. The van der Waals surface area contributed by atoms with Gasteiger partial charge in [0.25, 0.3) is 0 Å². The number of carbonyl (C=O) groups is 2. The summed E-state index contributed by atoms with van der Waals surface area (Å²) in [5.74, 6) is -0.396. The molecular weight excluding hydrogens is 334 g/mol. The zero-order chi connectivity index (χ0) is 19.2. The Hall–Kier alpha value is -2.08. The van der Waals surface area contributed by atoms with Crippen LogP contribution >= 0.6 is 0 Å². The molecule has 1 aromatic rings. The van der Waals surface area contributed by atoms with Crippen LogP contribution in [0.3, 0.4) is 0 Å². The highest BCUT2D eigenvalue weighted by atomic mass is 16.6. The molecule has 1 fully saturated rings. The third kappa shape index (κ3) is 6.02. The molecular formula is C20H29NO5. The van der Waals surface area contributed by atoms with Crippen molar-refractivity contribution in [1.82, 2.24) is 4.90 Å². The Kier molecular flexibility index (Phi) is 7.03. The summed E-state index contributed by atoms with van der Waals surface area (Å²) in [4.78, 5) is 26.3. The van der Waals surface area contributed by atoms with Crippen molar-refractivity contribution in [2.24, 2.45) is 0 Å². The van der Waals surface area contributed by atoms with E-state index < -0.39 is 17.7 Å². The van der Waals surface area contributed by atoms with Crippen LogP contribution in [0.4, 0.5) is 4.79 Å². The molecule has 1 aliphatic heterocycles. The summed E-state index contributed by atoms with van der Waals surface area (Å²) in [6.07, 6.45) is 1.07. The molecule has 0 saturated carbocycles. The molecule has 1 aromatic carbocycles. The first kappa shape index (κ1) is 20.2. The van der Waals surface area contributed by atoms with Gasteiger partial charge in [-0.15, -0.1) is 0 Å². The van der Waals surface area contributed by atoms with Gasteiger partial charge < -0.3 is 14.2 Å². The highest BCUT2D eigenvalue weighted by molar-refractivity contribution is 5.89. The minimum Gasteiger partial charge on any atom is -0.460 e. The lowest BCUT2D eigenvalue weighted by molar-refractivity contribution is 0.00845. The first-order valence-electron chi connectivity index (χ1n) is 9.13. The number of esters is 1.